The van der Waals surface area contributed by atoms with E-state index in [1.807, 2.05) is 18.2 Å². The second-order valence-electron chi connectivity index (χ2n) is 6.18. The van der Waals surface area contributed by atoms with E-state index in [9.17, 15) is 14.4 Å². The fraction of sp³-hybridized carbons (Fsp3) is 0.0500. The molecule has 5 heteroatoms. The van der Waals surface area contributed by atoms with Crippen molar-refractivity contribution >= 4 is 34.2 Å². The summed E-state index contributed by atoms with van der Waals surface area (Å²) < 4.78 is 0. The molecule has 1 atom stereocenters. The lowest BCUT2D eigenvalue weighted by Gasteiger charge is -2.31. The van der Waals surface area contributed by atoms with Gasteiger partial charge in [-0.05, 0) is 22.9 Å². The molecule has 0 aromatic heterocycles. The molecule has 1 heterocycles. The molecule has 0 bridgehead atoms. The van der Waals surface area contributed by atoms with Gasteiger partial charge in [-0.3, -0.25) is 19.8 Å². The zero-order chi connectivity index (χ0) is 17.2. The van der Waals surface area contributed by atoms with E-state index < -0.39 is 17.5 Å². The van der Waals surface area contributed by atoms with E-state index in [0.717, 1.165) is 10.8 Å². The van der Waals surface area contributed by atoms with Crippen molar-refractivity contribution in [3.05, 3.63) is 77.9 Å². The van der Waals surface area contributed by atoms with Crippen LogP contribution in [0.3, 0.4) is 0 Å². The Labute approximate surface area is 142 Å². The van der Waals surface area contributed by atoms with E-state index in [2.05, 4.69) is 5.32 Å². The van der Waals surface area contributed by atoms with Crippen molar-refractivity contribution in [2.75, 3.05) is 4.90 Å². The van der Waals surface area contributed by atoms with Crippen molar-refractivity contribution in [3.63, 3.8) is 0 Å². The number of hydrogen-bond acceptors (Lipinski definition) is 3. The molecule has 1 aliphatic heterocycles. The summed E-state index contributed by atoms with van der Waals surface area (Å²) in [5, 5.41) is 3.95. The fourth-order valence-corrected chi connectivity index (χ4v) is 3.98. The number of nitrogens with zero attached hydrogens (tertiary/aromatic N) is 1. The lowest BCUT2D eigenvalue weighted by Crippen LogP contribution is -2.51. The van der Waals surface area contributed by atoms with E-state index in [4.69, 9.17) is 0 Å². The number of carbonyl (C=O) groups excluding carboxylic acids is 3. The van der Waals surface area contributed by atoms with Gasteiger partial charge in [0.15, 0.2) is 0 Å². The van der Waals surface area contributed by atoms with Gasteiger partial charge in [-0.2, -0.15) is 0 Å². The number of anilines is 1. The number of hydrogen-bond donors (Lipinski definition) is 1. The van der Waals surface area contributed by atoms with Crippen LogP contribution in [0.25, 0.3) is 10.8 Å². The monoisotopic (exact) mass is 328 g/mol. The number of amides is 3. The highest BCUT2D eigenvalue weighted by Crippen LogP contribution is 2.48. The van der Waals surface area contributed by atoms with Crippen LogP contribution in [0.5, 0.6) is 0 Å². The number of carbonyl (C=O) groups is 3. The number of Topliss-reactive ketones (excluding diaryl/α,β-unsaturated/α-hetero) is 1. The van der Waals surface area contributed by atoms with E-state index in [1.165, 1.54) is 4.90 Å². The maximum absolute atomic E-state index is 13.4. The Bertz CT molecular complexity index is 1090. The lowest BCUT2D eigenvalue weighted by molar-refractivity contribution is -0.122. The molecule has 0 unspecified atom stereocenters. The Hall–Kier alpha value is -3.47. The predicted octanol–water partition coefficient (Wildman–Crippen LogP) is 2.99. The van der Waals surface area contributed by atoms with Gasteiger partial charge in [-0.25, -0.2) is 4.79 Å². The zero-order valence-electron chi connectivity index (χ0n) is 13.0. The van der Waals surface area contributed by atoms with Gasteiger partial charge in [-0.1, -0.05) is 54.6 Å². The number of para-hydroxylation sites is 1. The summed E-state index contributed by atoms with van der Waals surface area (Å²) in [6, 6.07) is 19.1. The van der Waals surface area contributed by atoms with Crippen LogP contribution in [0, 0.1) is 0 Å². The Morgan fingerprint density at radius 3 is 2.28 bits per heavy atom. The van der Waals surface area contributed by atoms with Gasteiger partial charge in [-0.15, -0.1) is 0 Å². The molecule has 2 aliphatic rings. The molecule has 1 aliphatic carbocycles. The molecule has 3 amide bonds. The zero-order valence-corrected chi connectivity index (χ0v) is 13.0. The molecule has 0 radical (unpaired) electrons. The molecule has 5 rings (SSSR count). The topological polar surface area (TPSA) is 66.5 Å². The SMILES string of the molecule is O=C1NC(=O)[C@@]2(C(=O)c3cccc4cccc2c34)N1c1ccccc1. The molecule has 3 aromatic rings. The molecule has 1 saturated heterocycles. The molecule has 1 N–H and O–H groups in total. The Kier molecular flexibility index (Phi) is 2.53. The number of nitrogens with one attached hydrogen (secondary N) is 1. The third kappa shape index (κ3) is 1.50. The second-order valence-corrected chi connectivity index (χ2v) is 6.18. The minimum absolute atomic E-state index is 0.369. The molecule has 3 aromatic carbocycles. The molecule has 1 fully saturated rings. The van der Waals surface area contributed by atoms with Crippen LogP contribution in [-0.4, -0.2) is 17.7 Å². The third-order valence-electron chi connectivity index (χ3n) is 4.97. The van der Waals surface area contributed by atoms with E-state index in [1.54, 1.807) is 48.5 Å². The van der Waals surface area contributed by atoms with Crippen LogP contribution in [0.2, 0.25) is 0 Å². The van der Waals surface area contributed by atoms with Crippen LogP contribution >= 0.6 is 0 Å². The van der Waals surface area contributed by atoms with Gasteiger partial charge in [0.25, 0.3) is 5.91 Å². The Morgan fingerprint density at radius 1 is 0.800 bits per heavy atom. The first-order valence-corrected chi connectivity index (χ1v) is 7.93. The standard InChI is InChI=1S/C20H12N2O3/c23-17-14-10-4-6-12-7-5-11-15(16(12)14)20(17)18(24)21-19(25)22(20)13-8-2-1-3-9-13/h1-11H,(H,21,24,25)/t20-/m1/s1. The number of urea groups is 1. The van der Waals surface area contributed by atoms with Gasteiger partial charge >= 0.3 is 6.03 Å². The number of rotatable bonds is 1. The summed E-state index contributed by atoms with van der Waals surface area (Å²) in [7, 11) is 0. The average molecular weight is 328 g/mol. The number of ketones is 1. The van der Waals surface area contributed by atoms with Gasteiger partial charge < -0.3 is 0 Å². The summed E-state index contributed by atoms with van der Waals surface area (Å²) in [5.41, 5.74) is -0.151. The molecule has 25 heavy (non-hydrogen) atoms. The molecule has 5 nitrogen and oxygen atoms in total. The van der Waals surface area contributed by atoms with Crippen LogP contribution in [0.1, 0.15) is 15.9 Å². The second kappa shape index (κ2) is 4.54. The molecular formula is C20H12N2O3. The molecular weight excluding hydrogens is 316 g/mol. The van der Waals surface area contributed by atoms with Crippen molar-refractivity contribution in [1.29, 1.82) is 0 Å². The first kappa shape index (κ1) is 13.9. The summed E-state index contributed by atoms with van der Waals surface area (Å²) in [6.07, 6.45) is 0. The van der Waals surface area contributed by atoms with Crippen molar-refractivity contribution in [3.8, 4) is 0 Å². The number of imide groups is 1. The first-order chi connectivity index (χ1) is 12.2. The van der Waals surface area contributed by atoms with E-state index >= 15 is 0 Å². The van der Waals surface area contributed by atoms with Gasteiger partial charge in [0.2, 0.25) is 11.3 Å². The van der Waals surface area contributed by atoms with Crippen molar-refractivity contribution < 1.29 is 14.4 Å². The third-order valence-corrected chi connectivity index (χ3v) is 4.97. The smallest absolute Gasteiger partial charge is 0.290 e. The summed E-state index contributed by atoms with van der Waals surface area (Å²) in [4.78, 5) is 40.2. The molecule has 1 spiro atoms. The van der Waals surface area contributed by atoms with Gasteiger partial charge in [0, 0.05) is 16.8 Å². The highest BCUT2D eigenvalue weighted by molar-refractivity contribution is 6.37. The minimum atomic E-state index is -1.68. The quantitative estimate of drug-likeness (QED) is 0.552. The Balaban J connectivity index is 1.89. The van der Waals surface area contributed by atoms with Crippen LogP contribution < -0.4 is 10.2 Å². The van der Waals surface area contributed by atoms with Gasteiger partial charge in [0.1, 0.15) is 0 Å². The van der Waals surface area contributed by atoms with Gasteiger partial charge in [0.05, 0.1) is 0 Å². The van der Waals surface area contributed by atoms with Crippen LogP contribution in [0.15, 0.2) is 66.7 Å². The summed E-state index contributed by atoms with van der Waals surface area (Å²) >= 11 is 0. The lowest BCUT2D eigenvalue weighted by atomic mass is 9.87. The highest BCUT2D eigenvalue weighted by atomic mass is 16.2. The van der Waals surface area contributed by atoms with Crippen molar-refractivity contribution in [2.24, 2.45) is 0 Å². The molecule has 120 valence electrons. The first-order valence-electron chi connectivity index (χ1n) is 7.93. The maximum Gasteiger partial charge on any atom is 0.330 e. The fourth-order valence-electron chi connectivity index (χ4n) is 3.98. The Morgan fingerprint density at radius 2 is 1.52 bits per heavy atom. The number of fused-ring (bicyclic) bond motifs is 1. The predicted molar refractivity (Wildman–Crippen MR) is 92.4 cm³/mol. The number of benzene rings is 3. The summed E-state index contributed by atoms with van der Waals surface area (Å²) in [6.45, 7) is 0. The van der Waals surface area contributed by atoms with Crippen LogP contribution in [0.4, 0.5) is 10.5 Å². The van der Waals surface area contributed by atoms with Crippen molar-refractivity contribution in [1.82, 2.24) is 5.32 Å². The largest absolute Gasteiger partial charge is 0.330 e. The van der Waals surface area contributed by atoms with Crippen molar-refractivity contribution in [2.45, 2.75) is 5.54 Å². The summed E-state index contributed by atoms with van der Waals surface area (Å²) in [5.74, 6) is -0.971. The van der Waals surface area contributed by atoms with E-state index in [0.29, 0.717) is 16.8 Å². The average Bonchev–Trinajstić information content (AvgIpc) is 3.05. The van der Waals surface area contributed by atoms with E-state index in [-0.39, 0.29) is 5.78 Å². The maximum atomic E-state index is 13.4. The minimum Gasteiger partial charge on any atom is -0.290 e. The normalized spacial score (nSPS) is 21.4. The highest BCUT2D eigenvalue weighted by Gasteiger charge is 2.63. The molecule has 0 saturated carbocycles. The van der Waals surface area contributed by atoms with Crippen LogP contribution in [-0.2, 0) is 10.3 Å².